The van der Waals surface area contributed by atoms with Gasteiger partial charge in [0.25, 0.3) is 5.69 Å². The molecule has 12 nitrogen and oxygen atoms in total. The molecule has 1 aromatic carbocycles. The number of non-ortho nitro benzene ring substituents is 1. The molecule has 13 heteroatoms. The van der Waals surface area contributed by atoms with E-state index >= 15 is 0 Å². The van der Waals surface area contributed by atoms with E-state index in [-0.39, 0.29) is 29.9 Å². The molecule has 3 heterocycles. The number of nitrogens with zero attached hydrogens (tertiary/aromatic N) is 6. The molecule has 0 saturated heterocycles. The smallest absolute Gasteiger partial charge is 0.313 e. The van der Waals surface area contributed by atoms with Gasteiger partial charge in [0.1, 0.15) is 18.0 Å². The molecule has 0 radical (unpaired) electrons. The second kappa shape index (κ2) is 10.3. The van der Waals surface area contributed by atoms with E-state index in [1.807, 2.05) is 13.0 Å². The van der Waals surface area contributed by atoms with Crippen LogP contribution in [0, 0.1) is 10.1 Å². The van der Waals surface area contributed by atoms with Crippen LogP contribution in [-0.4, -0.2) is 42.5 Å². The first-order valence-corrected chi connectivity index (χ1v) is 11.2. The lowest BCUT2D eigenvalue weighted by atomic mass is 10.2. The molecule has 1 atom stereocenters. The van der Waals surface area contributed by atoms with Gasteiger partial charge < -0.3 is 13.6 Å². The molecule has 0 N–H and O–H groups in total. The van der Waals surface area contributed by atoms with E-state index in [1.54, 1.807) is 36.0 Å². The van der Waals surface area contributed by atoms with E-state index in [9.17, 15) is 14.9 Å². The SMILES string of the molecule is CCOC(=O)Cc1nnc(SC(C)c2nnc(-c3ccc([N+](=O)[O-])cc3)o2)n1Cc1ccco1. The number of esters is 1. The Morgan fingerprint density at radius 3 is 2.68 bits per heavy atom. The van der Waals surface area contributed by atoms with Gasteiger partial charge in [-0.05, 0) is 38.1 Å². The van der Waals surface area contributed by atoms with Crippen LogP contribution in [0.1, 0.15) is 36.6 Å². The molecule has 4 aromatic rings. The Kier molecular flexibility index (Phi) is 7.01. The summed E-state index contributed by atoms with van der Waals surface area (Å²) < 4.78 is 18.1. The lowest BCUT2D eigenvalue weighted by Gasteiger charge is -2.10. The van der Waals surface area contributed by atoms with Crippen LogP contribution < -0.4 is 0 Å². The van der Waals surface area contributed by atoms with Gasteiger partial charge >= 0.3 is 5.97 Å². The number of hydrogen-bond donors (Lipinski definition) is 0. The molecule has 0 saturated carbocycles. The number of benzene rings is 1. The molecule has 34 heavy (non-hydrogen) atoms. The molecule has 1 unspecified atom stereocenters. The van der Waals surface area contributed by atoms with Crippen molar-refractivity contribution in [1.82, 2.24) is 25.0 Å². The van der Waals surface area contributed by atoms with E-state index in [4.69, 9.17) is 13.6 Å². The van der Waals surface area contributed by atoms with Crippen molar-refractivity contribution in [3.63, 3.8) is 0 Å². The number of rotatable bonds is 10. The van der Waals surface area contributed by atoms with E-state index in [1.165, 1.54) is 23.9 Å². The Labute approximate surface area is 197 Å². The molecule has 0 aliphatic rings. The maximum absolute atomic E-state index is 12.0. The predicted molar refractivity (Wildman–Crippen MR) is 119 cm³/mol. The largest absolute Gasteiger partial charge is 0.467 e. The van der Waals surface area contributed by atoms with Gasteiger partial charge in [0.15, 0.2) is 5.16 Å². The monoisotopic (exact) mass is 484 g/mol. The lowest BCUT2D eigenvalue weighted by molar-refractivity contribution is -0.384. The van der Waals surface area contributed by atoms with Gasteiger partial charge in [0.2, 0.25) is 11.8 Å². The third-order valence-electron chi connectivity index (χ3n) is 4.69. The summed E-state index contributed by atoms with van der Waals surface area (Å²) in [5.74, 6) is 1.32. The van der Waals surface area contributed by atoms with Gasteiger partial charge in [0, 0.05) is 17.7 Å². The first-order chi connectivity index (χ1) is 16.4. The second-order valence-corrected chi connectivity index (χ2v) is 8.36. The topological polar surface area (TPSA) is 152 Å². The zero-order valence-electron chi connectivity index (χ0n) is 18.3. The molecule has 0 aliphatic heterocycles. The highest BCUT2D eigenvalue weighted by atomic mass is 32.2. The Hall–Kier alpha value is -4.00. The van der Waals surface area contributed by atoms with Crippen molar-refractivity contribution in [3.05, 3.63) is 70.3 Å². The highest BCUT2D eigenvalue weighted by Gasteiger charge is 2.23. The first kappa shape index (κ1) is 23.2. The maximum atomic E-state index is 12.0. The highest BCUT2D eigenvalue weighted by Crippen LogP contribution is 2.35. The third-order valence-corrected chi connectivity index (χ3v) is 5.76. The number of ether oxygens (including phenoxy) is 1. The Bertz CT molecular complexity index is 1270. The van der Waals surface area contributed by atoms with Crippen LogP contribution in [0.5, 0.6) is 0 Å². The Morgan fingerprint density at radius 2 is 2.00 bits per heavy atom. The molecule has 3 aromatic heterocycles. The molecular formula is C21H20N6O6S. The summed E-state index contributed by atoms with van der Waals surface area (Å²) in [7, 11) is 0. The van der Waals surface area contributed by atoms with Crippen LogP contribution in [0.25, 0.3) is 11.5 Å². The number of aromatic nitrogens is 5. The third kappa shape index (κ3) is 5.31. The minimum Gasteiger partial charge on any atom is -0.467 e. The number of furan rings is 1. The Balaban J connectivity index is 1.53. The molecular weight excluding hydrogens is 464 g/mol. The molecule has 4 rings (SSSR count). The van der Waals surface area contributed by atoms with Gasteiger partial charge in [0.05, 0.1) is 29.6 Å². The van der Waals surface area contributed by atoms with Gasteiger partial charge in [-0.3, -0.25) is 19.5 Å². The van der Waals surface area contributed by atoms with Crippen molar-refractivity contribution < 1.29 is 23.3 Å². The average molecular weight is 484 g/mol. The maximum Gasteiger partial charge on any atom is 0.313 e. The van der Waals surface area contributed by atoms with Crippen LogP contribution in [-0.2, 0) is 22.5 Å². The summed E-state index contributed by atoms with van der Waals surface area (Å²) in [4.78, 5) is 22.4. The molecule has 0 bridgehead atoms. The van der Waals surface area contributed by atoms with Crippen LogP contribution in [0.2, 0.25) is 0 Å². The minimum absolute atomic E-state index is 0.0260. The van der Waals surface area contributed by atoms with Crippen molar-refractivity contribution in [2.24, 2.45) is 0 Å². The zero-order chi connectivity index (χ0) is 24.1. The quantitative estimate of drug-likeness (QED) is 0.140. The van der Waals surface area contributed by atoms with Gasteiger partial charge in [-0.1, -0.05) is 11.8 Å². The number of carbonyl (C=O) groups excluding carboxylic acids is 1. The van der Waals surface area contributed by atoms with Crippen molar-refractivity contribution in [3.8, 4) is 11.5 Å². The van der Waals surface area contributed by atoms with E-state index in [0.717, 1.165) is 0 Å². The normalized spacial score (nSPS) is 11.9. The van der Waals surface area contributed by atoms with E-state index < -0.39 is 10.9 Å². The number of thioether (sulfide) groups is 1. The van der Waals surface area contributed by atoms with Crippen molar-refractivity contribution in [2.45, 2.75) is 37.2 Å². The fourth-order valence-corrected chi connectivity index (χ4v) is 3.94. The summed E-state index contributed by atoms with van der Waals surface area (Å²) in [5, 5.41) is 27.7. The number of carbonyl (C=O) groups is 1. The molecule has 0 amide bonds. The Morgan fingerprint density at radius 1 is 1.21 bits per heavy atom. The minimum atomic E-state index is -0.475. The molecule has 176 valence electrons. The van der Waals surface area contributed by atoms with Gasteiger partial charge in [-0.25, -0.2) is 0 Å². The van der Waals surface area contributed by atoms with Gasteiger partial charge in [-0.15, -0.1) is 20.4 Å². The molecule has 0 spiro atoms. The summed E-state index contributed by atoms with van der Waals surface area (Å²) >= 11 is 1.33. The fraction of sp³-hybridized carbons (Fsp3) is 0.286. The summed E-state index contributed by atoms with van der Waals surface area (Å²) in [6.45, 7) is 4.22. The highest BCUT2D eigenvalue weighted by molar-refractivity contribution is 7.99. The second-order valence-electron chi connectivity index (χ2n) is 7.06. The van der Waals surface area contributed by atoms with Crippen LogP contribution >= 0.6 is 11.8 Å². The van der Waals surface area contributed by atoms with Crippen LogP contribution in [0.15, 0.2) is 56.7 Å². The summed E-state index contributed by atoms with van der Waals surface area (Å²) in [6.07, 6.45) is 1.54. The summed E-state index contributed by atoms with van der Waals surface area (Å²) in [6, 6.07) is 9.45. The number of nitro benzene ring substituents is 1. The zero-order valence-corrected chi connectivity index (χ0v) is 19.1. The standard InChI is InChI=1S/C21H20N6O6S/c1-3-31-18(28)11-17-22-25-21(26(17)12-16-5-4-10-32-16)34-13(2)19-23-24-20(33-19)14-6-8-15(9-7-14)27(29)30/h4-10,13H,3,11-12H2,1-2H3. The number of nitro groups is 1. The van der Waals surface area contributed by atoms with Gasteiger partial charge in [-0.2, -0.15) is 0 Å². The van der Waals surface area contributed by atoms with Crippen molar-refractivity contribution in [2.75, 3.05) is 6.61 Å². The molecule has 0 fully saturated rings. The molecule has 0 aliphatic carbocycles. The fourth-order valence-electron chi connectivity index (χ4n) is 3.04. The van der Waals surface area contributed by atoms with Crippen molar-refractivity contribution >= 4 is 23.4 Å². The lowest BCUT2D eigenvalue weighted by Crippen LogP contribution is -2.14. The number of hydrogen-bond acceptors (Lipinski definition) is 11. The summed E-state index contributed by atoms with van der Waals surface area (Å²) in [5.41, 5.74) is 0.543. The average Bonchev–Trinajstić information content (AvgIpc) is 3.58. The van der Waals surface area contributed by atoms with Crippen LogP contribution in [0.4, 0.5) is 5.69 Å². The van der Waals surface area contributed by atoms with E-state index in [2.05, 4.69) is 20.4 Å². The first-order valence-electron chi connectivity index (χ1n) is 10.3. The van der Waals surface area contributed by atoms with Crippen molar-refractivity contribution in [1.29, 1.82) is 0 Å². The van der Waals surface area contributed by atoms with E-state index in [0.29, 0.717) is 34.7 Å². The van der Waals surface area contributed by atoms with Crippen LogP contribution in [0.3, 0.4) is 0 Å². The predicted octanol–water partition coefficient (Wildman–Crippen LogP) is 3.84.